The van der Waals surface area contributed by atoms with E-state index in [-0.39, 0.29) is 17.5 Å². The van der Waals surface area contributed by atoms with Crippen molar-refractivity contribution in [1.29, 1.82) is 0 Å². The first-order valence-corrected chi connectivity index (χ1v) is 9.70. The van der Waals surface area contributed by atoms with E-state index in [0.717, 1.165) is 29.5 Å². The Morgan fingerprint density at radius 1 is 1.04 bits per heavy atom. The van der Waals surface area contributed by atoms with Gasteiger partial charge in [-0.05, 0) is 74.8 Å². The van der Waals surface area contributed by atoms with Crippen LogP contribution >= 0.6 is 0 Å². The summed E-state index contributed by atoms with van der Waals surface area (Å²) in [5.74, 6) is 6.16. The van der Waals surface area contributed by atoms with E-state index >= 15 is 0 Å². The molecule has 1 heterocycles. The lowest BCUT2D eigenvalue weighted by Gasteiger charge is -2.38. The molecule has 1 aliphatic heterocycles. The fraction of sp³-hybridized carbons (Fsp3) is 0.565. The van der Waals surface area contributed by atoms with E-state index in [4.69, 9.17) is 4.74 Å². The second-order valence-corrected chi connectivity index (χ2v) is 7.64. The van der Waals surface area contributed by atoms with Gasteiger partial charge >= 0.3 is 0 Å². The summed E-state index contributed by atoms with van der Waals surface area (Å²) in [7, 11) is 0. The molecule has 1 unspecified atom stereocenters. The van der Waals surface area contributed by atoms with E-state index in [0.29, 0.717) is 38.4 Å². The molecule has 1 aromatic carbocycles. The molecule has 0 aromatic heterocycles. The summed E-state index contributed by atoms with van der Waals surface area (Å²) in [6, 6.07) is 4.20. The SMILES string of the molecule is CC#Cc1cc(C)c(C(C2CCOCC2)C2C(=O)CCCC2=O)c(C)c1. The van der Waals surface area contributed by atoms with Crippen molar-refractivity contribution in [2.75, 3.05) is 13.2 Å². The molecule has 3 rings (SSSR count). The van der Waals surface area contributed by atoms with Crippen LogP contribution in [0.1, 0.15) is 67.2 Å². The minimum Gasteiger partial charge on any atom is -0.381 e. The highest BCUT2D eigenvalue weighted by atomic mass is 16.5. The van der Waals surface area contributed by atoms with Gasteiger partial charge in [0.1, 0.15) is 11.6 Å². The molecule has 26 heavy (non-hydrogen) atoms. The van der Waals surface area contributed by atoms with Gasteiger partial charge in [-0.3, -0.25) is 9.59 Å². The predicted molar refractivity (Wildman–Crippen MR) is 102 cm³/mol. The Morgan fingerprint density at radius 3 is 2.15 bits per heavy atom. The van der Waals surface area contributed by atoms with Gasteiger partial charge in [0.15, 0.2) is 0 Å². The topological polar surface area (TPSA) is 43.4 Å². The maximum absolute atomic E-state index is 12.8. The Hall–Kier alpha value is -1.92. The molecular formula is C23H28O3. The van der Waals surface area contributed by atoms with Gasteiger partial charge in [0.25, 0.3) is 0 Å². The smallest absolute Gasteiger partial charge is 0.143 e. The van der Waals surface area contributed by atoms with Crippen molar-refractivity contribution in [1.82, 2.24) is 0 Å². The standard InChI is InChI=1S/C23H28O3/c1-4-6-17-13-15(2)21(16(3)14-17)22(18-9-11-26-12-10-18)23-19(24)7-5-8-20(23)25/h13-14,18,22-23H,5,7-12H2,1-3H3. The van der Waals surface area contributed by atoms with Crippen molar-refractivity contribution in [2.45, 2.75) is 58.8 Å². The number of benzene rings is 1. The normalized spacial score (nSPS) is 20.6. The lowest BCUT2D eigenvalue weighted by Crippen LogP contribution is -2.39. The number of Topliss-reactive ketones (excluding diaryl/α,β-unsaturated/α-hetero) is 2. The lowest BCUT2D eigenvalue weighted by molar-refractivity contribution is -0.137. The maximum Gasteiger partial charge on any atom is 0.143 e. The fourth-order valence-electron chi connectivity index (χ4n) is 4.79. The summed E-state index contributed by atoms with van der Waals surface area (Å²) >= 11 is 0. The van der Waals surface area contributed by atoms with Crippen LogP contribution < -0.4 is 0 Å². The van der Waals surface area contributed by atoms with Gasteiger partial charge in [0.2, 0.25) is 0 Å². The number of carbonyl (C=O) groups excluding carboxylic acids is 2. The molecule has 0 bridgehead atoms. The van der Waals surface area contributed by atoms with Crippen LogP contribution in [-0.2, 0) is 14.3 Å². The zero-order valence-electron chi connectivity index (χ0n) is 16.1. The van der Waals surface area contributed by atoms with Crippen molar-refractivity contribution >= 4 is 11.6 Å². The molecule has 0 N–H and O–H groups in total. The molecule has 2 fully saturated rings. The third-order valence-electron chi connectivity index (χ3n) is 5.87. The van der Waals surface area contributed by atoms with E-state index in [1.165, 1.54) is 5.56 Å². The van der Waals surface area contributed by atoms with E-state index in [2.05, 4.69) is 37.8 Å². The molecule has 1 atom stereocenters. The van der Waals surface area contributed by atoms with Gasteiger partial charge in [0, 0.05) is 37.5 Å². The Labute approximate surface area is 156 Å². The van der Waals surface area contributed by atoms with E-state index in [1.54, 1.807) is 0 Å². The molecule has 2 aliphatic rings. The number of ketones is 2. The van der Waals surface area contributed by atoms with Crippen molar-refractivity contribution in [3.63, 3.8) is 0 Å². The van der Waals surface area contributed by atoms with Gasteiger partial charge in [-0.2, -0.15) is 0 Å². The first kappa shape index (κ1) is 18.9. The van der Waals surface area contributed by atoms with Crippen molar-refractivity contribution in [2.24, 2.45) is 11.8 Å². The summed E-state index contributed by atoms with van der Waals surface area (Å²) in [6.45, 7) is 7.45. The average Bonchev–Trinajstić information content (AvgIpc) is 2.60. The molecule has 1 saturated carbocycles. The van der Waals surface area contributed by atoms with Crippen LogP contribution in [-0.4, -0.2) is 24.8 Å². The Bertz CT molecular complexity index is 720. The molecule has 0 spiro atoms. The molecule has 3 nitrogen and oxygen atoms in total. The molecule has 0 amide bonds. The summed E-state index contributed by atoms with van der Waals surface area (Å²) in [6.07, 6.45) is 3.60. The molecule has 0 radical (unpaired) electrons. The third kappa shape index (κ3) is 3.76. The van der Waals surface area contributed by atoms with Crippen LogP contribution in [0.25, 0.3) is 0 Å². The summed E-state index contributed by atoms with van der Waals surface area (Å²) in [5, 5.41) is 0. The van der Waals surface area contributed by atoms with Crippen LogP contribution in [0.15, 0.2) is 12.1 Å². The highest BCUT2D eigenvalue weighted by molar-refractivity contribution is 6.05. The lowest BCUT2D eigenvalue weighted by atomic mass is 9.66. The molecule has 138 valence electrons. The summed E-state index contributed by atoms with van der Waals surface area (Å²) in [4.78, 5) is 25.6. The van der Waals surface area contributed by atoms with Gasteiger partial charge in [0.05, 0.1) is 5.92 Å². The van der Waals surface area contributed by atoms with Gasteiger partial charge < -0.3 is 4.74 Å². The Morgan fingerprint density at radius 2 is 1.62 bits per heavy atom. The number of hydrogen-bond donors (Lipinski definition) is 0. The second-order valence-electron chi connectivity index (χ2n) is 7.64. The largest absolute Gasteiger partial charge is 0.381 e. The van der Waals surface area contributed by atoms with E-state index < -0.39 is 5.92 Å². The Balaban J connectivity index is 2.09. The first-order chi connectivity index (χ1) is 12.5. The number of ether oxygens (including phenoxy) is 1. The van der Waals surface area contributed by atoms with Gasteiger partial charge in [-0.25, -0.2) is 0 Å². The van der Waals surface area contributed by atoms with Gasteiger partial charge in [-0.1, -0.05) is 5.92 Å². The minimum absolute atomic E-state index is 0.0252. The summed E-state index contributed by atoms with van der Waals surface area (Å²) < 4.78 is 5.55. The van der Waals surface area contributed by atoms with Crippen LogP contribution in [0.4, 0.5) is 0 Å². The maximum atomic E-state index is 12.8. The van der Waals surface area contributed by atoms with Crippen LogP contribution in [0.2, 0.25) is 0 Å². The van der Waals surface area contributed by atoms with Crippen LogP contribution in [0.5, 0.6) is 0 Å². The van der Waals surface area contributed by atoms with Crippen LogP contribution in [0.3, 0.4) is 0 Å². The molecule has 1 saturated heterocycles. The van der Waals surface area contributed by atoms with Crippen LogP contribution in [0, 0.1) is 37.5 Å². The van der Waals surface area contributed by atoms with Crippen molar-refractivity contribution in [3.05, 3.63) is 34.4 Å². The predicted octanol–water partition coefficient (Wildman–Crippen LogP) is 4.12. The molecule has 1 aromatic rings. The first-order valence-electron chi connectivity index (χ1n) is 9.70. The van der Waals surface area contributed by atoms with E-state index in [9.17, 15) is 9.59 Å². The highest BCUT2D eigenvalue weighted by Gasteiger charge is 2.42. The molecule has 3 heteroatoms. The molecular weight excluding hydrogens is 324 g/mol. The van der Waals surface area contributed by atoms with Gasteiger partial charge in [-0.15, -0.1) is 5.92 Å². The number of carbonyl (C=O) groups is 2. The highest BCUT2D eigenvalue weighted by Crippen LogP contribution is 2.43. The fourth-order valence-corrected chi connectivity index (χ4v) is 4.79. The monoisotopic (exact) mass is 352 g/mol. The summed E-state index contributed by atoms with van der Waals surface area (Å²) in [5.41, 5.74) is 4.47. The second kappa shape index (κ2) is 8.18. The minimum atomic E-state index is -0.479. The number of hydrogen-bond acceptors (Lipinski definition) is 3. The number of rotatable bonds is 3. The molecule has 1 aliphatic carbocycles. The van der Waals surface area contributed by atoms with Crippen molar-refractivity contribution in [3.8, 4) is 11.8 Å². The number of aryl methyl sites for hydroxylation is 2. The zero-order valence-corrected chi connectivity index (χ0v) is 16.1. The van der Waals surface area contributed by atoms with Crippen molar-refractivity contribution < 1.29 is 14.3 Å². The van der Waals surface area contributed by atoms with E-state index in [1.807, 2.05) is 6.92 Å². The third-order valence-corrected chi connectivity index (χ3v) is 5.87. The quantitative estimate of drug-likeness (QED) is 0.607. The zero-order chi connectivity index (χ0) is 18.7. The Kier molecular flexibility index (Phi) is 5.94. The average molecular weight is 352 g/mol.